The van der Waals surface area contributed by atoms with E-state index in [0.717, 1.165) is 50.1 Å². The number of unbranched alkanes of at least 4 members (excludes halogenated alkanes) is 1. The van der Waals surface area contributed by atoms with Crippen LogP contribution in [0.25, 0.3) is 0 Å². The first kappa shape index (κ1) is 24.4. The summed E-state index contributed by atoms with van der Waals surface area (Å²) in [5.74, 6) is 0.649. The van der Waals surface area contributed by atoms with Crippen LogP contribution in [-0.4, -0.2) is 47.2 Å². The average molecular weight is 413 g/mol. The molecule has 28 heavy (non-hydrogen) atoms. The van der Waals surface area contributed by atoms with Crippen molar-refractivity contribution < 1.29 is 13.2 Å². The summed E-state index contributed by atoms with van der Waals surface area (Å²) >= 11 is 0. The molecule has 1 aromatic carbocycles. The number of hydrogen-bond donors (Lipinski definition) is 3. The molecule has 0 bridgehead atoms. The molecule has 0 saturated heterocycles. The van der Waals surface area contributed by atoms with Gasteiger partial charge in [0.15, 0.2) is 5.96 Å². The Kier molecular flexibility index (Phi) is 11.8. The molecular weight excluding hydrogens is 376 g/mol. The zero-order valence-corrected chi connectivity index (χ0v) is 18.4. The van der Waals surface area contributed by atoms with Gasteiger partial charge in [-0.2, -0.15) is 0 Å². The first-order chi connectivity index (χ1) is 13.4. The number of rotatable bonds is 13. The van der Waals surface area contributed by atoms with Gasteiger partial charge in [0.2, 0.25) is 10.0 Å². The van der Waals surface area contributed by atoms with Crippen LogP contribution in [0.1, 0.15) is 51.2 Å². The van der Waals surface area contributed by atoms with Crippen LogP contribution in [0.5, 0.6) is 0 Å². The third kappa shape index (κ3) is 10.6. The molecule has 8 heteroatoms. The van der Waals surface area contributed by atoms with Crippen LogP contribution in [0.2, 0.25) is 0 Å². The zero-order valence-electron chi connectivity index (χ0n) is 17.6. The largest absolute Gasteiger partial charge is 0.381 e. The summed E-state index contributed by atoms with van der Waals surface area (Å²) in [5, 5.41) is 6.50. The van der Waals surface area contributed by atoms with E-state index in [1.807, 2.05) is 38.1 Å². The fourth-order valence-corrected chi connectivity index (χ4v) is 4.10. The molecule has 0 fully saturated rings. The molecule has 0 spiro atoms. The molecular formula is C20H36N4O3S. The molecule has 0 saturated carbocycles. The maximum absolute atomic E-state index is 12.2. The lowest BCUT2D eigenvalue weighted by atomic mass is 10.1. The molecule has 3 N–H and O–H groups in total. The molecule has 0 heterocycles. The highest BCUT2D eigenvalue weighted by atomic mass is 32.2. The monoisotopic (exact) mass is 412 g/mol. The normalized spacial score (nSPS) is 12.4. The fourth-order valence-electron chi connectivity index (χ4n) is 2.61. The Bertz CT molecular complexity index is 690. The maximum atomic E-state index is 12.2. The lowest BCUT2D eigenvalue weighted by molar-refractivity contribution is 0.129. The molecule has 7 nitrogen and oxygen atoms in total. The summed E-state index contributed by atoms with van der Waals surface area (Å²) in [6.07, 6.45) is 3.14. The summed E-state index contributed by atoms with van der Waals surface area (Å²) in [6, 6.07) is 7.43. The van der Waals surface area contributed by atoms with E-state index in [-0.39, 0.29) is 11.8 Å². The van der Waals surface area contributed by atoms with Gasteiger partial charge in [0.1, 0.15) is 0 Å². The highest BCUT2D eigenvalue weighted by Crippen LogP contribution is 2.12. The van der Waals surface area contributed by atoms with E-state index in [1.165, 1.54) is 0 Å². The molecule has 160 valence electrons. The van der Waals surface area contributed by atoms with Crippen LogP contribution in [0, 0.1) is 0 Å². The van der Waals surface area contributed by atoms with Crippen LogP contribution in [0.4, 0.5) is 0 Å². The minimum Gasteiger partial charge on any atom is -0.381 e. The number of hydrogen-bond acceptors (Lipinski definition) is 4. The van der Waals surface area contributed by atoms with Crippen molar-refractivity contribution in [3.8, 4) is 0 Å². The van der Waals surface area contributed by atoms with Crippen LogP contribution in [0.15, 0.2) is 29.3 Å². The van der Waals surface area contributed by atoms with Gasteiger partial charge in [0, 0.05) is 39.4 Å². The number of nitrogens with one attached hydrogen (secondary N) is 3. The van der Waals surface area contributed by atoms with Crippen molar-refractivity contribution in [2.75, 3.05) is 26.8 Å². The van der Waals surface area contributed by atoms with Crippen LogP contribution in [0.3, 0.4) is 0 Å². The maximum Gasteiger partial charge on any atom is 0.216 e. The molecule has 0 atom stereocenters. The summed E-state index contributed by atoms with van der Waals surface area (Å²) in [7, 11) is -1.65. The first-order valence-corrected chi connectivity index (χ1v) is 11.6. The van der Waals surface area contributed by atoms with Crippen LogP contribution < -0.4 is 15.4 Å². The van der Waals surface area contributed by atoms with Gasteiger partial charge in [-0.25, -0.2) is 13.1 Å². The molecule has 0 aliphatic carbocycles. The minimum atomic E-state index is -3.37. The SMILES string of the molecule is CCCCOCCCNC(=NC)NCc1ccccc1CS(=O)(=O)NC(C)C. The molecule has 0 aliphatic rings. The van der Waals surface area contributed by atoms with Crippen molar-refractivity contribution in [3.63, 3.8) is 0 Å². The number of benzene rings is 1. The van der Waals surface area contributed by atoms with Crippen molar-refractivity contribution in [2.45, 2.75) is 58.4 Å². The van der Waals surface area contributed by atoms with Crippen LogP contribution in [-0.2, 0) is 27.1 Å². The Morgan fingerprint density at radius 1 is 1.11 bits per heavy atom. The van der Waals surface area contributed by atoms with E-state index in [2.05, 4.69) is 27.3 Å². The van der Waals surface area contributed by atoms with Gasteiger partial charge in [0.05, 0.1) is 5.75 Å². The quantitative estimate of drug-likeness (QED) is 0.263. The van der Waals surface area contributed by atoms with E-state index >= 15 is 0 Å². The van der Waals surface area contributed by atoms with E-state index in [0.29, 0.717) is 12.5 Å². The Labute approximate surface area is 170 Å². The second-order valence-electron chi connectivity index (χ2n) is 6.97. The van der Waals surface area contributed by atoms with Crippen molar-refractivity contribution in [1.82, 2.24) is 15.4 Å². The molecule has 0 amide bonds. The zero-order chi connectivity index (χ0) is 20.8. The molecule has 0 aliphatic heterocycles. The van der Waals surface area contributed by atoms with Crippen molar-refractivity contribution >= 4 is 16.0 Å². The Morgan fingerprint density at radius 3 is 2.43 bits per heavy atom. The average Bonchev–Trinajstić information content (AvgIpc) is 2.63. The van der Waals surface area contributed by atoms with E-state index < -0.39 is 10.0 Å². The standard InChI is InChI=1S/C20H36N4O3S/c1-5-6-13-27-14-9-12-22-20(21-4)23-15-18-10-7-8-11-19(18)16-28(25,26)24-17(2)3/h7-8,10-11,17,24H,5-6,9,12-16H2,1-4H3,(H2,21,22,23). The fraction of sp³-hybridized carbons (Fsp3) is 0.650. The van der Waals surface area contributed by atoms with Gasteiger partial charge in [-0.3, -0.25) is 4.99 Å². The van der Waals surface area contributed by atoms with Crippen molar-refractivity contribution in [3.05, 3.63) is 35.4 Å². The Balaban J connectivity index is 2.50. The minimum absolute atomic E-state index is 0.0375. The lowest BCUT2D eigenvalue weighted by Gasteiger charge is -2.15. The summed E-state index contributed by atoms with van der Waals surface area (Å²) in [5.41, 5.74) is 1.71. The Morgan fingerprint density at radius 2 is 1.79 bits per heavy atom. The third-order valence-corrected chi connectivity index (χ3v) is 5.47. The van der Waals surface area contributed by atoms with Gasteiger partial charge >= 0.3 is 0 Å². The molecule has 0 unspecified atom stereocenters. The van der Waals surface area contributed by atoms with Gasteiger partial charge in [-0.1, -0.05) is 37.6 Å². The third-order valence-electron chi connectivity index (χ3n) is 3.95. The van der Waals surface area contributed by atoms with Gasteiger partial charge < -0.3 is 15.4 Å². The Hall–Kier alpha value is -1.64. The number of sulfonamides is 1. The van der Waals surface area contributed by atoms with E-state index in [1.54, 1.807) is 7.05 Å². The van der Waals surface area contributed by atoms with Crippen molar-refractivity contribution in [2.24, 2.45) is 4.99 Å². The number of ether oxygens (including phenoxy) is 1. The highest BCUT2D eigenvalue weighted by molar-refractivity contribution is 7.88. The smallest absolute Gasteiger partial charge is 0.216 e. The van der Waals surface area contributed by atoms with Gasteiger partial charge in [0.25, 0.3) is 0 Å². The summed E-state index contributed by atoms with van der Waals surface area (Å²) < 4.78 is 32.7. The predicted octanol–water partition coefficient (Wildman–Crippen LogP) is 2.39. The topological polar surface area (TPSA) is 91.8 Å². The number of guanidine groups is 1. The molecule has 0 aromatic heterocycles. The molecule has 0 radical (unpaired) electrons. The second-order valence-corrected chi connectivity index (χ2v) is 8.73. The molecule has 1 aromatic rings. The highest BCUT2D eigenvalue weighted by Gasteiger charge is 2.15. The second kappa shape index (κ2) is 13.5. The molecule has 1 rings (SSSR count). The first-order valence-electron chi connectivity index (χ1n) is 9.97. The summed E-state index contributed by atoms with van der Waals surface area (Å²) in [4.78, 5) is 4.22. The summed E-state index contributed by atoms with van der Waals surface area (Å²) in [6.45, 7) is 8.59. The predicted molar refractivity (Wildman–Crippen MR) is 116 cm³/mol. The van der Waals surface area contributed by atoms with Gasteiger partial charge in [-0.15, -0.1) is 0 Å². The van der Waals surface area contributed by atoms with Gasteiger partial charge in [-0.05, 0) is 37.8 Å². The van der Waals surface area contributed by atoms with Crippen LogP contribution >= 0.6 is 0 Å². The number of aliphatic imine (C=N–C) groups is 1. The van der Waals surface area contributed by atoms with E-state index in [4.69, 9.17) is 4.74 Å². The number of nitrogens with zero attached hydrogens (tertiary/aromatic N) is 1. The lowest BCUT2D eigenvalue weighted by Crippen LogP contribution is -2.38. The van der Waals surface area contributed by atoms with Crippen molar-refractivity contribution in [1.29, 1.82) is 0 Å². The van der Waals surface area contributed by atoms with E-state index in [9.17, 15) is 8.42 Å².